The van der Waals surface area contributed by atoms with Crippen molar-refractivity contribution >= 4 is 12.1 Å². The topological polar surface area (TPSA) is 55.4 Å². The third-order valence-electron chi connectivity index (χ3n) is 1.59. The highest BCUT2D eigenvalue weighted by molar-refractivity contribution is 5.91. The van der Waals surface area contributed by atoms with Gasteiger partial charge in [-0.15, -0.1) is 0 Å². The lowest BCUT2D eigenvalue weighted by Crippen LogP contribution is -2.36. The summed E-state index contributed by atoms with van der Waals surface area (Å²) in [6.07, 6.45) is 0.156. The lowest BCUT2D eigenvalue weighted by atomic mass is 10.4. The van der Waals surface area contributed by atoms with Gasteiger partial charge in [0.25, 0.3) is 0 Å². The van der Waals surface area contributed by atoms with Crippen LogP contribution in [-0.4, -0.2) is 18.1 Å². The summed E-state index contributed by atoms with van der Waals surface area (Å²) in [6.45, 7) is 0. The SMILES string of the molecule is O=C1NC2CC2C(=O)O1. The molecule has 2 fully saturated rings. The Labute approximate surface area is 51.2 Å². The predicted molar refractivity (Wildman–Crippen MR) is 26.5 cm³/mol. The Morgan fingerprint density at radius 1 is 1.56 bits per heavy atom. The zero-order chi connectivity index (χ0) is 6.43. The van der Waals surface area contributed by atoms with Gasteiger partial charge in [0.2, 0.25) is 0 Å². The zero-order valence-electron chi connectivity index (χ0n) is 4.59. The Morgan fingerprint density at radius 3 is 3.00 bits per heavy atom. The number of hydrogen-bond donors (Lipinski definition) is 1. The number of cyclic esters (lactones) is 2. The van der Waals surface area contributed by atoms with Gasteiger partial charge in [-0.25, -0.2) is 4.79 Å². The van der Waals surface area contributed by atoms with E-state index in [2.05, 4.69) is 10.1 Å². The van der Waals surface area contributed by atoms with Gasteiger partial charge in [0.1, 0.15) is 0 Å². The molecule has 48 valence electrons. The second kappa shape index (κ2) is 1.26. The molecular weight excluding hydrogens is 122 g/mol. The predicted octanol–water partition coefficient (Wildman–Crippen LogP) is -0.359. The fraction of sp³-hybridized carbons (Fsp3) is 0.600. The van der Waals surface area contributed by atoms with Crippen LogP contribution >= 0.6 is 0 Å². The number of fused-ring (bicyclic) bond motifs is 1. The number of alkyl carbamates (subject to hydrolysis) is 1. The van der Waals surface area contributed by atoms with Crippen molar-refractivity contribution in [1.82, 2.24) is 5.32 Å². The van der Waals surface area contributed by atoms with Crippen LogP contribution in [0.5, 0.6) is 0 Å². The van der Waals surface area contributed by atoms with Gasteiger partial charge < -0.3 is 10.1 Å². The molecule has 0 spiro atoms. The first-order valence-corrected chi connectivity index (χ1v) is 2.79. The van der Waals surface area contributed by atoms with E-state index in [-0.39, 0.29) is 17.9 Å². The molecule has 0 aromatic rings. The van der Waals surface area contributed by atoms with E-state index < -0.39 is 6.09 Å². The maximum Gasteiger partial charge on any atom is 0.415 e. The van der Waals surface area contributed by atoms with Crippen LogP contribution in [0.3, 0.4) is 0 Å². The lowest BCUT2D eigenvalue weighted by molar-refractivity contribution is -0.140. The number of amides is 1. The molecule has 1 saturated heterocycles. The molecule has 2 atom stereocenters. The van der Waals surface area contributed by atoms with E-state index in [1.165, 1.54) is 0 Å². The summed E-state index contributed by atoms with van der Waals surface area (Å²) in [4.78, 5) is 20.9. The van der Waals surface area contributed by atoms with E-state index in [9.17, 15) is 9.59 Å². The largest absolute Gasteiger partial charge is 0.415 e. The van der Waals surface area contributed by atoms with E-state index in [4.69, 9.17) is 0 Å². The molecule has 2 rings (SSSR count). The molecule has 1 heterocycles. The average molecular weight is 127 g/mol. The third kappa shape index (κ3) is 0.590. The molecule has 4 nitrogen and oxygen atoms in total. The van der Waals surface area contributed by atoms with Crippen molar-refractivity contribution in [3.05, 3.63) is 0 Å². The third-order valence-corrected chi connectivity index (χ3v) is 1.59. The van der Waals surface area contributed by atoms with E-state index in [0.717, 1.165) is 6.42 Å². The number of hydrogen-bond acceptors (Lipinski definition) is 3. The monoisotopic (exact) mass is 127 g/mol. The molecule has 1 N–H and O–H groups in total. The normalized spacial score (nSPS) is 38.7. The maximum atomic E-state index is 10.6. The van der Waals surface area contributed by atoms with Crippen LogP contribution < -0.4 is 5.32 Å². The molecule has 2 aliphatic rings. The van der Waals surface area contributed by atoms with Crippen molar-refractivity contribution in [3.8, 4) is 0 Å². The molecule has 1 aliphatic heterocycles. The van der Waals surface area contributed by atoms with E-state index in [1.807, 2.05) is 0 Å². The minimum atomic E-state index is -0.598. The highest BCUT2D eigenvalue weighted by atomic mass is 16.6. The van der Waals surface area contributed by atoms with Crippen molar-refractivity contribution in [3.63, 3.8) is 0 Å². The van der Waals surface area contributed by atoms with Gasteiger partial charge in [-0.05, 0) is 6.42 Å². The Morgan fingerprint density at radius 2 is 2.33 bits per heavy atom. The van der Waals surface area contributed by atoms with Crippen LogP contribution in [0.15, 0.2) is 0 Å². The fourth-order valence-corrected chi connectivity index (χ4v) is 0.963. The lowest BCUT2D eigenvalue weighted by Gasteiger charge is -2.08. The van der Waals surface area contributed by atoms with Gasteiger partial charge in [-0.2, -0.15) is 0 Å². The molecular formula is C5H5NO3. The van der Waals surface area contributed by atoms with Crippen LogP contribution in [0.4, 0.5) is 4.79 Å². The summed E-state index contributed by atoms with van der Waals surface area (Å²) in [5.74, 6) is -0.411. The van der Waals surface area contributed by atoms with E-state index >= 15 is 0 Å². The molecule has 1 amide bonds. The first kappa shape index (κ1) is 4.78. The Bertz CT molecular complexity index is 189. The van der Waals surface area contributed by atoms with Crippen molar-refractivity contribution in [2.75, 3.05) is 0 Å². The van der Waals surface area contributed by atoms with E-state index in [0.29, 0.717) is 0 Å². The summed E-state index contributed by atoms with van der Waals surface area (Å²) >= 11 is 0. The van der Waals surface area contributed by atoms with Crippen molar-refractivity contribution in [2.45, 2.75) is 12.5 Å². The van der Waals surface area contributed by atoms with Crippen LogP contribution in [-0.2, 0) is 9.53 Å². The number of carbonyl (C=O) groups is 2. The zero-order valence-corrected chi connectivity index (χ0v) is 4.59. The van der Waals surface area contributed by atoms with Gasteiger partial charge >= 0.3 is 12.1 Å². The first-order chi connectivity index (χ1) is 4.27. The molecule has 0 aromatic heterocycles. The Balaban J connectivity index is 2.15. The summed E-state index contributed by atoms with van der Waals surface area (Å²) < 4.78 is 4.25. The molecule has 0 aromatic carbocycles. The minimum Gasteiger partial charge on any atom is -0.376 e. The van der Waals surface area contributed by atoms with Gasteiger partial charge in [0, 0.05) is 6.04 Å². The van der Waals surface area contributed by atoms with Crippen LogP contribution in [0.1, 0.15) is 6.42 Å². The smallest absolute Gasteiger partial charge is 0.376 e. The number of ether oxygens (including phenoxy) is 1. The van der Waals surface area contributed by atoms with E-state index in [1.54, 1.807) is 0 Å². The first-order valence-electron chi connectivity index (χ1n) is 2.79. The summed E-state index contributed by atoms with van der Waals surface area (Å²) in [7, 11) is 0. The summed E-state index contributed by atoms with van der Waals surface area (Å²) in [5.41, 5.74) is 0. The number of nitrogens with one attached hydrogen (secondary N) is 1. The molecule has 4 heteroatoms. The Kier molecular flexibility index (Phi) is 0.670. The van der Waals surface area contributed by atoms with Crippen molar-refractivity contribution < 1.29 is 14.3 Å². The van der Waals surface area contributed by atoms with Crippen molar-refractivity contribution in [1.29, 1.82) is 0 Å². The maximum absolute atomic E-state index is 10.6. The van der Waals surface area contributed by atoms with Crippen LogP contribution in [0.2, 0.25) is 0 Å². The summed E-state index contributed by atoms with van der Waals surface area (Å²) in [6, 6.07) is 0.0822. The standard InChI is InChI=1S/C5H5NO3/c7-4-2-1-3(2)6-5(8)9-4/h2-3H,1H2,(H,6,8). The Hall–Kier alpha value is -1.06. The molecule has 1 saturated carbocycles. The molecule has 9 heavy (non-hydrogen) atoms. The number of rotatable bonds is 0. The fourth-order valence-electron chi connectivity index (χ4n) is 0.963. The van der Waals surface area contributed by atoms with Gasteiger partial charge in [-0.3, -0.25) is 4.79 Å². The minimum absolute atomic E-state index is 0.0392. The molecule has 0 radical (unpaired) electrons. The van der Waals surface area contributed by atoms with Gasteiger partial charge in [0.15, 0.2) is 0 Å². The highest BCUT2D eigenvalue weighted by Gasteiger charge is 2.50. The average Bonchev–Trinajstić information content (AvgIpc) is 2.43. The second-order valence-electron chi connectivity index (χ2n) is 2.30. The molecule has 0 bridgehead atoms. The van der Waals surface area contributed by atoms with Crippen LogP contribution in [0.25, 0.3) is 0 Å². The molecule has 1 aliphatic carbocycles. The number of esters is 1. The van der Waals surface area contributed by atoms with Gasteiger partial charge in [0.05, 0.1) is 5.92 Å². The van der Waals surface area contributed by atoms with Crippen molar-refractivity contribution in [2.24, 2.45) is 5.92 Å². The second-order valence-corrected chi connectivity index (χ2v) is 2.30. The van der Waals surface area contributed by atoms with Crippen LogP contribution in [0, 0.1) is 5.92 Å². The summed E-state index contributed by atoms with van der Waals surface area (Å²) in [5, 5.41) is 2.50. The van der Waals surface area contributed by atoms with Gasteiger partial charge in [-0.1, -0.05) is 0 Å². The number of carbonyl (C=O) groups excluding carboxylic acids is 2. The highest BCUT2D eigenvalue weighted by Crippen LogP contribution is 2.34. The quantitative estimate of drug-likeness (QED) is 0.357. The molecule has 2 unspecified atom stereocenters.